The second-order valence-corrected chi connectivity index (χ2v) is 7.48. The Morgan fingerprint density at radius 2 is 1.87 bits per heavy atom. The molecular formula is C22H21ClN4O3. The minimum atomic E-state index is -0.635. The van der Waals surface area contributed by atoms with Gasteiger partial charge in [-0.15, -0.1) is 0 Å². The number of rotatable bonds is 5. The third-order valence-electron chi connectivity index (χ3n) is 4.84. The van der Waals surface area contributed by atoms with Crippen LogP contribution in [0.25, 0.3) is 5.69 Å². The van der Waals surface area contributed by atoms with Crippen LogP contribution in [0.1, 0.15) is 38.4 Å². The van der Waals surface area contributed by atoms with Crippen LogP contribution in [0.3, 0.4) is 0 Å². The van der Waals surface area contributed by atoms with Crippen molar-refractivity contribution in [3.8, 4) is 5.69 Å². The summed E-state index contributed by atoms with van der Waals surface area (Å²) in [4.78, 5) is 22.6. The molecule has 0 saturated heterocycles. The van der Waals surface area contributed by atoms with Gasteiger partial charge in [-0.1, -0.05) is 29.3 Å². The smallest absolute Gasteiger partial charge is 0.288 e. The fraction of sp³-hybridized carbons (Fsp3) is 0.182. The number of carbonyl (C=O) groups excluding carboxylic acids is 1. The van der Waals surface area contributed by atoms with Crippen LogP contribution in [0.15, 0.2) is 47.6 Å². The molecule has 0 unspecified atom stereocenters. The summed E-state index contributed by atoms with van der Waals surface area (Å²) < 4.78 is 2.14. The zero-order valence-corrected chi connectivity index (χ0v) is 17.8. The summed E-state index contributed by atoms with van der Waals surface area (Å²) in [6, 6.07) is 12.1. The third-order valence-corrected chi connectivity index (χ3v) is 5.16. The summed E-state index contributed by atoms with van der Waals surface area (Å²) in [6.45, 7) is 8.12. The molecule has 0 aliphatic rings. The number of carbonyl (C=O) groups is 1. The van der Waals surface area contributed by atoms with Crippen LogP contribution in [-0.2, 0) is 0 Å². The molecule has 0 spiro atoms. The number of halogens is 1. The maximum absolute atomic E-state index is 12.3. The predicted molar refractivity (Wildman–Crippen MR) is 118 cm³/mol. The molecule has 1 N–H and O–H groups in total. The van der Waals surface area contributed by atoms with E-state index in [-0.39, 0.29) is 16.3 Å². The predicted octanol–water partition coefficient (Wildman–Crippen LogP) is 5.04. The number of aromatic nitrogens is 1. The van der Waals surface area contributed by atoms with Gasteiger partial charge in [0, 0.05) is 34.3 Å². The average Bonchev–Trinajstić information content (AvgIpc) is 2.95. The van der Waals surface area contributed by atoms with Crippen LogP contribution >= 0.6 is 11.6 Å². The summed E-state index contributed by atoms with van der Waals surface area (Å²) >= 11 is 5.78. The van der Waals surface area contributed by atoms with Gasteiger partial charge in [-0.3, -0.25) is 14.9 Å². The van der Waals surface area contributed by atoms with E-state index in [0.29, 0.717) is 0 Å². The quantitative estimate of drug-likeness (QED) is 0.353. The Morgan fingerprint density at radius 3 is 2.53 bits per heavy atom. The van der Waals surface area contributed by atoms with E-state index >= 15 is 0 Å². The highest BCUT2D eigenvalue weighted by Gasteiger charge is 2.16. The van der Waals surface area contributed by atoms with Gasteiger partial charge < -0.3 is 4.57 Å². The molecule has 8 heteroatoms. The van der Waals surface area contributed by atoms with Crippen LogP contribution < -0.4 is 5.43 Å². The number of benzene rings is 2. The highest BCUT2D eigenvalue weighted by molar-refractivity contribution is 6.32. The lowest BCUT2D eigenvalue weighted by molar-refractivity contribution is -0.384. The Bertz CT molecular complexity index is 1180. The molecular weight excluding hydrogens is 404 g/mol. The second kappa shape index (κ2) is 8.51. The van der Waals surface area contributed by atoms with Crippen molar-refractivity contribution in [1.29, 1.82) is 0 Å². The van der Waals surface area contributed by atoms with Gasteiger partial charge in [0.05, 0.1) is 11.1 Å². The second-order valence-electron chi connectivity index (χ2n) is 7.07. The van der Waals surface area contributed by atoms with E-state index in [9.17, 15) is 14.9 Å². The average molecular weight is 425 g/mol. The maximum Gasteiger partial charge on any atom is 0.288 e. The zero-order chi connectivity index (χ0) is 22.0. The van der Waals surface area contributed by atoms with Gasteiger partial charge in [0.25, 0.3) is 11.6 Å². The van der Waals surface area contributed by atoms with Gasteiger partial charge in [0.2, 0.25) is 0 Å². The van der Waals surface area contributed by atoms with Crippen LogP contribution in [0.5, 0.6) is 0 Å². The number of hydrogen-bond acceptors (Lipinski definition) is 4. The van der Waals surface area contributed by atoms with Gasteiger partial charge in [-0.2, -0.15) is 5.10 Å². The van der Waals surface area contributed by atoms with Gasteiger partial charge in [-0.05, 0) is 57.5 Å². The third kappa shape index (κ3) is 4.26. The number of nitrogens with one attached hydrogen (secondary N) is 1. The van der Waals surface area contributed by atoms with Crippen molar-refractivity contribution in [1.82, 2.24) is 9.99 Å². The Kier molecular flexibility index (Phi) is 6.03. The molecule has 1 aromatic heterocycles. The molecule has 0 aliphatic heterocycles. The topological polar surface area (TPSA) is 89.5 Å². The lowest BCUT2D eigenvalue weighted by Gasteiger charge is -2.13. The molecule has 1 amide bonds. The zero-order valence-electron chi connectivity index (χ0n) is 17.1. The fourth-order valence-electron chi connectivity index (χ4n) is 3.36. The lowest BCUT2D eigenvalue weighted by Crippen LogP contribution is -2.17. The minimum Gasteiger partial charge on any atom is -0.318 e. The largest absolute Gasteiger partial charge is 0.318 e. The molecule has 154 valence electrons. The first-order valence-electron chi connectivity index (χ1n) is 9.23. The van der Waals surface area contributed by atoms with E-state index in [1.54, 1.807) is 6.21 Å². The first-order valence-corrected chi connectivity index (χ1v) is 9.60. The van der Waals surface area contributed by atoms with Crippen molar-refractivity contribution < 1.29 is 9.72 Å². The van der Waals surface area contributed by atoms with Gasteiger partial charge in [0.1, 0.15) is 5.02 Å². The summed E-state index contributed by atoms with van der Waals surface area (Å²) in [6.07, 6.45) is 1.56. The summed E-state index contributed by atoms with van der Waals surface area (Å²) in [5, 5.41) is 15.0. The molecule has 1 heterocycles. The van der Waals surface area contributed by atoms with Crippen LogP contribution in [0.4, 0.5) is 5.69 Å². The summed E-state index contributed by atoms with van der Waals surface area (Å²) in [7, 11) is 0. The molecule has 0 saturated carbocycles. The standard InChI is InChI=1S/C22H21ClN4O3/c1-13-5-8-20(14(2)9-13)26-15(3)10-18(16(26)4)12-24-25-22(28)17-6-7-19(23)21(11-17)27(29)30/h5-12H,1-4H3,(H,25,28)/b24-12-. The molecule has 3 aromatic rings. The van der Waals surface area contributed by atoms with E-state index in [2.05, 4.69) is 47.1 Å². The minimum absolute atomic E-state index is 0.0288. The number of nitro benzene ring substituents is 1. The van der Waals surface area contributed by atoms with E-state index in [0.717, 1.165) is 34.3 Å². The molecule has 0 fully saturated rings. The molecule has 30 heavy (non-hydrogen) atoms. The SMILES string of the molecule is Cc1ccc(-n2c(C)cc(/C=N\NC(=O)c3ccc(Cl)c([N+](=O)[O-])c3)c2C)c(C)c1. The van der Waals surface area contributed by atoms with E-state index in [4.69, 9.17) is 11.6 Å². The monoisotopic (exact) mass is 424 g/mol. The summed E-state index contributed by atoms with van der Waals surface area (Å²) in [5.74, 6) is -0.561. The Morgan fingerprint density at radius 1 is 1.13 bits per heavy atom. The van der Waals surface area contributed by atoms with Crippen molar-refractivity contribution in [2.45, 2.75) is 27.7 Å². The van der Waals surface area contributed by atoms with Gasteiger partial charge in [0.15, 0.2) is 0 Å². The Balaban J connectivity index is 1.81. The number of nitrogens with zero attached hydrogens (tertiary/aromatic N) is 3. The molecule has 2 aromatic carbocycles. The van der Waals surface area contributed by atoms with Crippen molar-refractivity contribution in [3.63, 3.8) is 0 Å². The molecule has 0 aliphatic carbocycles. The molecule has 7 nitrogen and oxygen atoms in total. The van der Waals surface area contributed by atoms with Gasteiger partial charge in [-0.25, -0.2) is 5.43 Å². The number of hydrazone groups is 1. The molecule has 0 radical (unpaired) electrons. The van der Waals surface area contributed by atoms with E-state index in [1.807, 2.05) is 19.9 Å². The Labute approximate surface area is 179 Å². The molecule has 0 bridgehead atoms. The highest BCUT2D eigenvalue weighted by atomic mass is 35.5. The van der Waals surface area contributed by atoms with Crippen LogP contribution in [0.2, 0.25) is 5.02 Å². The van der Waals surface area contributed by atoms with Crippen LogP contribution in [-0.4, -0.2) is 21.6 Å². The van der Waals surface area contributed by atoms with Gasteiger partial charge >= 0.3 is 0 Å². The number of amides is 1. The van der Waals surface area contributed by atoms with E-state index < -0.39 is 10.8 Å². The van der Waals surface area contributed by atoms with Crippen molar-refractivity contribution in [3.05, 3.63) is 91.2 Å². The van der Waals surface area contributed by atoms with Crippen molar-refractivity contribution in [2.24, 2.45) is 5.10 Å². The van der Waals surface area contributed by atoms with Crippen molar-refractivity contribution >= 4 is 29.4 Å². The number of hydrogen-bond donors (Lipinski definition) is 1. The Hall–Kier alpha value is -3.45. The normalized spacial score (nSPS) is 11.1. The van der Waals surface area contributed by atoms with Crippen molar-refractivity contribution in [2.75, 3.05) is 0 Å². The maximum atomic E-state index is 12.3. The lowest BCUT2D eigenvalue weighted by atomic mass is 10.1. The summed E-state index contributed by atoms with van der Waals surface area (Å²) in [5.41, 5.74) is 8.51. The van der Waals surface area contributed by atoms with Crippen LogP contribution in [0, 0.1) is 37.8 Å². The highest BCUT2D eigenvalue weighted by Crippen LogP contribution is 2.25. The van der Waals surface area contributed by atoms with E-state index in [1.165, 1.54) is 17.7 Å². The first kappa shape index (κ1) is 21.3. The molecule has 0 atom stereocenters. The number of aryl methyl sites for hydroxylation is 3. The molecule has 3 rings (SSSR count). The first-order chi connectivity index (χ1) is 14.2. The fourth-order valence-corrected chi connectivity index (χ4v) is 3.55. The number of nitro groups is 1.